The largest absolute Gasteiger partial charge is 0.446 e. The van der Waals surface area contributed by atoms with Gasteiger partial charge >= 0.3 is 0 Å². The molecule has 0 bridgehead atoms. The third-order valence-corrected chi connectivity index (χ3v) is 4.02. The highest BCUT2D eigenvalue weighted by molar-refractivity contribution is 9.10. The van der Waals surface area contributed by atoms with E-state index in [1.54, 1.807) is 16.8 Å². The van der Waals surface area contributed by atoms with Gasteiger partial charge in [-0.25, -0.2) is 0 Å². The van der Waals surface area contributed by atoms with E-state index in [0.29, 0.717) is 10.4 Å². The van der Waals surface area contributed by atoms with Gasteiger partial charge in [0, 0.05) is 7.05 Å². The zero-order valence-corrected chi connectivity index (χ0v) is 13.2. The average Bonchev–Trinajstić information content (AvgIpc) is 2.87. The third-order valence-electron chi connectivity index (χ3n) is 2.68. The lowest BCUT2D eigenvalue weighted by Gasteiger charge is -2.00. The van der Waals surface area contributed by atoms with Crippen molar-refractivity contribution >= 4 is 37.6 Å². The molecule has 0 saturated heterocycles. The van der Waals surface area contributed by atoms with Gasteiger partial charge in [-0.05, 0) is 50.4 Å². The van der Waals surface area contributed by atoms with E-state index in [0.717, 1.165) is 22.3 Å². The number of halogens is 2. The van der Waals surface area contributed by atoms with Crippen molar-refractivity contribution in [2.45, 2.75) is 19.8 Å². The molecule has 0 aliphatic heterocycles. The summed E-state index contributed by atoms with van der Waals surface area (Å²) in [6, 6.07) is 3.38. The number of hydrogen-bond donors (Lipinski definition) is 0. The van der Waals surface area contributed by atoms with Gasteiger partial charge in [-0.1, -0.05) is 6.92 Å². The molecular weight excluding hydrogens is 364 g/mol. The maximum absolute atomic E-state index is 12.1. The van der Waals surface area contributed by atoms with Crippen molar-refractivity contribution in [3.63, 3.8) is 0 Å². The zero-order chi connectivity index (χ0) is 13.3. The predicted octanol–water partition coefficient (Wildman–Crippen LogP) is 3.53. The molecule has 2 heterocycles. The van der Waals surface area contributed by atoms with Crippen LogP contribution in [0.5, 0.6) is 0 Å². The first-order chi connectivity index (χ1) is 8.52. The van der Waals surface area contributed by atoms with Crippen LogP contribution in [0.2, 0.25) is 0 Å². The van der Waals surface area contributed by atoms with Crippen molar-refractivity contribution in [3.8, 4) is 0 Å². The second kappa shape index (κ2) is 5.40. The molecule has 2 aromatic rings. The molecule has 18 heavy (non-hydrogen) atoms. The number of Topliss-reactive ketones (excluding diaryl/α,β-unsaturated/α-hetero) is 1. The normalized spacial score (nSPS) is 10.9. The molecule has 2 rings (SSSR count). The number of carbonyl (C=O) groups excluding carboxylic acids is 1. The summed E-state index contributed by atoms with van der Waals surface area (Å²) in [6.07, 6.45) is 1.10. The van der Waals surface area contributed by atoms with Gasteiger partial charge in [0.25, 0.3) is 0 Å². The van der Waals surface area contributed by atoms with Crippen molar-refractivity contribution < 1.29 is 9.21 Å². The van der Waals surface area contributed by atoms with Crippen molar-refractivity contribution in [1.82, 2.24) is 9.78 Å². The summed E-state index contributed by atoms with van der Waals surface area (Å²) >= 11 is 6.68. The Labute approximate surface area is 122 Å². The Kier molecular flexibility index (Phi) is 4.07. The summed E-state index contributed by atoms with van der Waals surface area (Å²) in [7, 11) is 1.84. The van der Waals surface area contributed by atoms with E-state index < -0.39 is 0 Å². The second-order valence-electron chi connectivity index (χ2n) is 3.89. The molecule has 4 nitrogen and oxygen atoms in total. The van der Waals surface area contributed by atoms with E-state index in [2.05, 4.69) is 37.0 Å². The smallest absolute Gasteiger partial charge is 0.204 e. The number of aryl methyl sites for hydroxylation is 2. The van der Waals surface area contributed by atoms with Crippen LogP contribution in [0.4, 0.5) is 0 Å². The highest BCUT2D eigenvalue weighted by Crippen LogP contribution is 2.23. The van der Waals surface area contributed by atoms with E-state index in [1.807, 2.05) is 14.0 Å². The SMILES string of the molecule is CCc1nn(C)c(CC(=O)c2ccc(Br)o2)c1Br. The molecule has 6 heteroatoms. The first-order valence-corrected chi connectivity index (χ1v) is 7.10. The molecule has 0 atom stereocenters. The fraction of sp³-hybridized carbons (Fsp3) is 0.333. The molecule has 0 aliphatic carbocycles. The fourth-order valence-electron chi connectivity index (χ4n) is 1.72. The number of furan rings is 1. The Morgan fingerprint density at radius 1 is 1.44 bits per heavy atom. The van der Waals surface area contributed by atoms with Gasteiger partial charge in [0.15, 0.2) is 10.4 Å². The lowest BCUT2D eigenvalue weighted by Crippen LogP contribution is -2.07. The summed E-state index contributed by atoms with van der Waals surface area (Å²) < 4.78 is 8.46. The molecule has 0 radical (unpaired) electrons. The summed E-state index contributed by atoms with van der Waals surface area (Å²) in [5.74, 6) is 0.292. The molecule has 0 aliphatic rings. The van der Waals surface area contributed by atoms with E-state index in [-0.39, 0.29) is 12.2 Å². The van der Waals surface area contributed by atoms with Gasteiger partial charge in [0.05, 0.1) is 22.3 Å². The molecule has 96 valence electrons. The average molecular weight is 376 g/mol. The van der Waals surface area contributed by atoms with Gasteiger partial charge in [-0.2, -0.15) is 5.10 Å². The molecule has 0 saturated carbocycles. The van der Waals surface area contributed by atoms with Crippen molar-refractivity contribution in [1.29, 1.82) is 0 Å². The van der Waals surface area contributed by atoms with E-state index in [4.69, 9.17) is 4.42 Å². The Morgan fingerprint density at radius 2 is 2.17 bits per heavy atom. The Balaban J connectivity index is 2.24. The van der Waals surface area contributed by atoms with E-state index in [1.165, 1.54) is 0 Å². The van der Waals surface area contributed by atoms with Crippen LogP contribution in [0.15, 0.2) is 25.7 Å². The van der Waals surface area contributed by atoms with E-state index >= 15 is 0 Å². The van der Waals surface area contributed by atoms with Crippen LogP contribution in [0, 0.1) is 0 Å². The summed E-state index contributed by atoms with van der Waals surface area (Å²) in [5.41, 5.74) is 1.82. The Bertz CT molecular complexity index is 587. The number of hydrogen-bond acceptors (Lipinski definition) is 3. The number of rotatable bonds is 4. The van der Waals surface area contributed by atoms with Crippen LogP contribution in [0.1, 0.15) is 28.9 Å². The van der Waals surface area contributed by atoms with Gasteiger partial charge in [0.2, 0.25) is 5.78 Å². The standard InChI is InChI=1S/C12H12Br2N2O2/c1-3-7-12(14)8(16(2)15-7)6-9(17)10-4-5-11(13)18-10/h4-5H,3,6H2,1-2H3. The number of nitrogens with zero attached hydrogens (tertiary/aromatic N) is 2. The molecular formula is C12H12Br2N2O2. The highest BCUT2D eigenvalue weighted by Gasteiger charge is 2.18. The molecule has 0 spiro atoms. The minimum atomic E-state index is -0.0629. The molecule has 0 N–H and O–H groups in total. The Hall–Kier alpha value is -0.880. The van der Waals surface area contributed by atoms with Gasteiger partial charge in [0.1, 0.15) is 0 Å². The van der Waals surface area contributed by atoms with Gasteiger partial charge in [-0.3, -0.25) is 9.48 Å². The van der Waals surface area contributed by atoms with Crippen molar-refractivity contribution in [2.75, 3.05) is 0 Å². The number of carbonyl (C=O) groups is 1. The number of aromatic nitrogens is 2. The van der Waals surface area contributed by atoms with Crippen LogP contribution >= 0.6 is 31.9 Å². The molecule has 0 unspecified atom stereocenters. The summed E-state index contributed by atoms with van der Waals surface area (Å²) in [5, 5.41) is 4.36. The van der Waals surface area contributed by atoms with Gasteiger partial charge in [-0.15, -0.1) is 0 Å². The van der Waals surface area contributed by atoms with Crippen LogP contribution < -0.4 is 0 Å². The predicted molar refractivity (Wildman–Crippen MR) is 74.7 cm³/mol. The highest BCUT2D eigenvalue weighted by atomic mass is 79.9. The van der Waals surface area contributed by atoms with Crippen LogP contribution in [0.25, 0.3) is 0 Å². The van der Waals surface area contributed by atoms with Crippen LogP contribution in [0.3, 0.4) is 0 Å². The van der Waals surface area contributed by atoms with Crippen molar-refractivity contribution in [3.05, 3.63) is 38.4 Å². The maximum atomic E-state index is 12.1. The zero-order valence-electron chi connectivity index (χ0n) is 10.0. The fourth-order valence-corrected chi connectivity index (χ4v) is 2.78. The third kappa shape index (κ3) is 2.59. The lowest BCUT2D eigenvalue weighted by molar-refractivity contribution is 0.0962. The molecule has 2 aromatic heterocycles. The first kappa shape index (κ1) is 13.5. The van der Waals surface area contributed by atoms with Crippen molar-refractivity contribution in [2.24, 2.45) is 7.05 Å². The second-order valence-corrected chi connectivity index (χ2v) is 5.46. The number of ketones is 1. The molecule has 0 fully saturated rings. The molecule has 0 aromatic carbocycles. The Morgan fingerprint density at radius 3 is 2.67 bits per heavy atom. The minimum Gasteiger partial charge on any atom is -0.446 e. The van der Waals surface area contributed by atoms with Crippen LogP contribution in [-0.4, -0.2) is 15.6 Å². The topological polar surface area (TPSA) is 48.0 Å². The lowest BCUT2D eigenvalue weighted by atomic mass is 10.1. The van der Waals surface area contributed by atoms with E-state index in [9.17, 15) is 4.79 Å². The monoisotopic (exact) mass is 374 g/mol. The van der Waals surface area contributed by atoms with Crippen LogP contribution in [-0.2, 0) is 19.9 Å². The summed E-state index contributed by atoms with van der Waals surface area (Å²) in [4.78, 5) is 12.1. The first-order valence-electron chi connectivity index (χ1n) is 5.51. The minimum absolute atomic E-state index is 0.0629. The quantitative estimate of drug-likeness (QED) is 0.768. The molecule has 0 amide bonds. The van der Waals surface area contributed by atoms with Gasteiger partial charge < -0.3 is 4.42 Å². The maximum Gasteiger partial charge on any atom is 0.204 e. The summed E-state index contributed by atoms with van der Waals surface area (Å²) in [6.45, 7) is 2.03.